The van der Waals surface area contributed by atoms with Gasteiger partial charge in [-0.05, 0) is 18.2 Å². The number of rotatable bonds is 3. The van der Waals surface area contributed by atoms with Crippen LogP contribution in [0.4, 0.5) is 11.4 Å². The molecular weight excluding hydrogens is 220 g/mol. The first-order chi connectivity index (χ1) is 8.15. The number of phenols is 1. The van der Waals surface area contributed by atoms with Crippen molar-refractivity contribution in [1.82, 2.24) is 4.98 Å². The van der Waals surface area contributed by atoms with Crippen molar-refractivity contribution in [2.75, 3.05) is 5.32 Å². The number of aromatic carboxylic acids is 1. The highest BCUT2D eigenvalue weighted by molar-refractivity contribution is 5.88. The Kier molecular flexibility index (Phi) is 2.91. The number of anilines is 2. The fourth-order valence-corrected chi connectivity index (χ4v) is 1.38. The quantitative estimate of drug-likeness (QED) is 0.753. The number of carboxylic acids is 1. The number of benzene rings is 1. The molecule has 1 heterocycles. The van der Waals surface area contributed by atoms with Crippen molar-refractivity contribution in [3.8, 4) is 5.75 Å². The highest BCUT2D eigenvalue weighted by Gasteiger charge is 2.04. The van der Waals surface area contributed by atoms with Gasteiger partial charge in [-0.1, -0.05) is 6.07 Å². The van der Waals surface area contributed by atoms with Gasteiger partial charge in [0, 0.05) is 18.0 Å². The molecule has 1 aromatic heterocycles. The molecule has 86 valence electrons. The van der Waals surface area contributed by atoms with Gasteiger partial charge in [0.25, 0.3) is 0 Å². The molecule has 0 radical (unpaired) electrons. The van der Waals surface area contributed by atoms with Crippen molar-refractivity contribution >= 4 is 17.3 Å². The first-order valence-electron chi connectivity index (χ1n) is 4.89. The predicted molar refractivity (Wildman–Crippen MR) is 62.6 cm³/mol. The van der Waals surface area contributed by atoms with Crippen LogP contribution in [0, 0.1) is 0 Å². The van der Waals surface area contributed by atoms with Crippen molar-refractivity contribution in [2.24, 2.45) is 0 Å². The molecule has 0 bridgehead atoms. The van der Waals surface area contributed by atoms with Gasteiger partial charge in [0.1, 0.15) is 5.75 Å². The summed E-state index contributed by atoms with van der Waals surface area (Å²) in [5.41, 5.74) is 1.32. The van der Waals surface area contributed by atoms with Crippen LogP contribution in [-0.4, -0.2) is 21.2 Å². The molecule has 2 aromatic rings. The molecule has 0 aliphatic heterocycles. The Morgan fingerprint density at radius 1 is 1.18 bits per heavy atom. The number of phenolic OH excluding ortho intramolecular Hbond substituents is 1. The Bertz CT molecular complexity index is 555. The Balaban J connectivity index is 2.24. The van der Waals surface area contributed by atoms with Gasteiger partial charge in [-0.25, -0.2) is 4.79 Å². The van der Waals surface area contributed by atoms with Gasteiger partial charge in [0.15, 0.2) is 0 Å². The average molecular weight is 230 g/mol. The maximum Gasteiger partial charge on any atom is 0.337 e. The lowest BCUT2D eigenvalue weighted by Gasteiger charge is -2.06. The van der Waals surface area contributed by atoms with E-state index >= 15 is 0 Å². The van der Waals surface area contributed by atoms with Crippen molar-refractivity contribution < 1.29 is 15.0 Å². The maximum atomic E-state index is 10.8. The number of aromatic hydroxyl groups is 1. The molecule has 5 nitrogen and oxygen atoms in total. The molecule has 2 rings (SSSR count). The van der Waals surface area contributed by atoms with E-state index in [0.717, 1.165) is 0 Å². The van der Waals surface area contributed by atoms with Crippen molar-refractivity contribution in [3.05, 3.63) is 48.3 Å². The summed E-state index contributed by atoms with van der Waals surface area (Å²) in [6.07, 6.45) is 2.78. The van der Waals surface area contributed by atoms with E-state index in [2.05, 4.69) is 10.3 Å². The molecule has 0 amide bonds. The summed E-state index contributed by atoms with van der Waals surface area (Å²) in [5, 5.41) is 21.1. The SMILES string of the molecule is O=C(O)c1cncc(Nc2cccc(O)c2)c1. The Labute approximate surface area is 97.4 Å². The Morgan fingerprint density at radius 3 is 2.71 bits per heavy atom. The number of hydrogen-bond donors (Lipinski definition) is 3. The Morgan fingerprint density at radius 2 is 2.00 bits per heavy atom. The lowest BCUT2D eigenvalue weighted by Crippen LogP contribution is -1.99. The third-order valence-electron chi connectivity index (χ3n) is 2.12. The first-order valence-corrected chi connectivity index (χ1v) is 4.89. The lowest BCUT2D eigenvalue weighted by molar-refractivity contribution is 0.0696. The average Bonchev–Trinajstić information content (AvgIpc) is 2.29. The monoisotopic (exact) mass is 230 g/mol. The number of carboxylic acid groups (broad SMARTS) is 1. The predicted octanol–water partition coefficient (Wildman–Crippen LogP) is 2.23. The number of nitrogens with one attached hydrogen (secondary N) is 1. The summed E-state index contributed by atoms with van der Waals surface area (Å²) in [5.74, 6) is -0.894. The van der Waals surface area contributed by atoms with E-state index in [1.165, 1.54) is 24.5 Å². The van der Waals surface area contributed by atoms with Crippen LogP contribution in [0.5, 0.6) is 5.75 Å². The van der Waals surface area contributed by atoms with E-state index in [1.807, 2.05) is 0 Å². The van der Waals surface area contributed by atoms with Crippen LogP contribution in [-0.2, 0) is 0 Å². The largest absolute Gasteiger partial charge is 0.508 e. The fourth-order valence-electron chi connectivity index (χ4n) is 1.38. The smallest absolute Gasteiger partial charge is 0.337 e. The molecule has 0 aliphatic carbocycles. The lowest BCUT2D eigenvalue weighted by atomic mass is 10.2. The standard InChI is InChI=1S/C12H10N2O3/c15-11-3-1-2-9(5-11)14-10-4-8(12(16)17)6-13-7-10/h1-7,14-15H,(H,16,17). The van der Waals surface area contributed by atoms with Crippen LogP contribution in [0.3, 0.4) is 0 Å². The number of carbonyl (C=O) groups is 1. The Hall–Kier alpha value is -2.56. The number of nitrogens with zero attached hydrogens (tertiary/aromatic N) is 1. The summed E-state index contributed by atoms with van der Waals surface area (Å²) < 4.78 is 0. The maximum absolute atomic E-state index is 10.8. The molecule has 0 aliphatic rings. The molecule has 1 aromatic carbocycles. The van der Waals surface area contributed by atoms with Crippen LogP contribution in [0.25, 0.3) is 0 Å². The summed E-state index contributed by atoms with van der Waals surface area (Å²) in [6, 6.07) is 8.00. The summed E-state index contributed by atoms with van der Waals surface area (Å²) >= 11 is 0. The molecule has 0 saturated carbocycles. The topological polar surface area (TPSA) is 82.5 Å². The van der Waals surface area contributed by atoms with E-state index in [-0.39, 0.29) is 11.3 Å². The minimum Gasteiger partial charge on any atom is -0.508 e. The number of pyridine rings is 1. The van der Waals surface area contributed by atoms with Gasteiger partial charge in [0.05, 0.1) is 17.4 Å². The van der Waals surface area contributed by atoms with E-state index in [0.29, 0.717) is 11.4 Å². The van der Waals surface area contributed by atoms with Gasteiger partial charge in [0.2, 0.25) is 0 Å². The van der Waals surface area contributed by atoms with E-state index in [9.17, 15) is 9.90 Å². The molecule has 5 heteroatoms. The van der Waals surface area contributed by atoms with Crippen molar-refractivity contribution in [1.29, 1.82) is 0 Å². The molecule has 3 N–H and O–H groups in total. The van der Waals surface area contributed by atoms with Crippen LogP contribution in [0.15, 0.2) is 42.7 Å². The van der Waals surface area contributed by atoms with Crippen LogP contribution in [0.2, 0.25) is 0 Å². The van der Waals surface area contributed by atoms with Crippen LogP contribution in [0.1, 0.15) is 10.4 Å². The zero-order valence-electron chi connectivity index (χ0n) is 8.79. The second-order valence-electron chi connectivity index (χ2n) is 3.44. The van der Waals surface area contributed by atoms with Crippen LogP contribution < -0.4 is 5.32 Å². The van der Waals surface area contributed by atoms with E-state index in [4.69, 9.17) is 5.11 Å². The summed E-state index contributed by atoms with van der Waals surface area (Å²) in [7, 11) is 0. The molecule has 0 fully saturated rings. The molecule has 0 saturated heterocycles. The molecular formula is C12H10N2O3. The second kappa shape index (κ2) is 4.52. The van der Waals surface area contributed by atoms with Crippen molar-refractivity contribution in [2.45, 2.75) is 0 Å². The summed E-state index contributed by atoms with van der Waals surface area (Å²) in [4.78, 5) is 14.6. The zero-order chi connectivity index (χ0) is 12.3. The molecule has 17 heavy (non-hydrogen) atoms. The molecule has 0 spiro atoms. The van der Waals surface area contributed by atoms with E-state index in [1.54, 1.807) is 18.2 Å². The number of hydrogen-bond acceptors (Lipinski definition) is 4. The van der Waals surface area contributed by atoms with Gasteiger partial charge in [-0.15, -0.1) is 0 Å². The first kappa shape index (κ1) is 10.9. The minimum atomic E-state index is -1.03. The van der Waals surface area contributed by atoms with Crippen molar-refractivity contribution in [3.63, 3.8) is 0 Å². The molecule has 0 atom stereocenters. The third-order valence-corrected chi connectivity index (χ3v) is 2.12. The number of aromatic nitrogens is 1. The van der Waals surface area contributed by atoms with Crippen LogP contribution >= 0.6 is 0 Å². The summed E-state index contributed by atoms with van der Waals surface area (Å²) in [6.45, 7) is 0. The highest BCUT2D eigenvalue weighted by Crippen LogP contribution is 2.20. The second-order valence-corrected chi connectivity index (χ2v) is 3.44. The third kappa shape index (κ3) is 2.72. The zero-order valence-corrected chi connectivity index (χ0v) is 8.79. The van der Waals surface area contributed by atoms with Gasteiger partial charge < -0.3 is 15.5 Å². The highest BCUT2D eigenvalue weighted by atomic mass is 16.4. The van der Waals surface area contributed by atoms with E-state index < -0.39 is 5.97 Å². The van der Waals surface area contributed by atoms with Gasteiger partial charge in [-0.2, -0.15) is 0 Å². The molecule has 0 unspecified atom stereocenters. The van der Waals surface area contributed by atoms with Gasteiger partial charge >= 0.3 is 5.97 Å². The van der Waals surface area contributed by atoms with Gasteiger partial charge in [-0.3, -0.25) is 4.98 Å². The fraction of sp³-hybridized carbons (Fsp3) is 0. The minimum absolute atomic E-state index is 0.107. The normalized spacial score (nSPS) is 9.88.